The first-order valence-corrected chi connectivity index (χ1v) is 7.89. The number of nitrogens with one attached hydrogen (secondary N) is 2. The second-order valence-corrected chi connectivity index (χ2v) is 6.22. The first kappa shape index (κ1) is 14.8. The first-order chi connectivity index (χ1) is 10.6. The molecule has 2 aromatic carbocycles. The molecule has 3 rings (SSSR count). The van der Waals surface area contributed by atoms with Crippen molar-refractivity contribution in [2.24, 2.45) is 5.92 Å². The highest BCUT2D eigenvalue weighted by Gasteiger charge is 2.29. The summed E-state index contributed by atoms with van der Waals surface area (Å²) in [4.78, 5) is 23.9. The molecule has 112 valence electrons. The molecule has 0 unspecified atom stereocenters. The Bertz CT molecular complexity index is 709. The second kappa shape index (κ2) is 6.32. The van der Waals surface area contributed by atoms with E-state index in [0.29, 0.717) is 16.9 Å². The largest absolute Gasteiger partial charge is 0.326 e. The molecule has 5 heteroatoms. The molecule has 1 fully saturated rings. The Morgan fingerprint density at radius 1 is 0.955 bits per heavy atom. The van der Waals surface area contributed by atoms with Crippen LogP contribution in [0.15, 0.2) is 53.0 Å². The van der Waals surface area contributed by atoms with Gasteiger partial charge in [0.2, 0.25) is 5.91 Å². The van der Waals surface area contributed by atoms with Crippen molar-refractivity contribution >= 4 is 39.1 Å². The zero-order valence-corrected chi connectivity index (χ0v) is 13.4. The van der Waals surface area contributed by atoms with E-state index >= 15 is 0 Å². The maximum absolute atomic E-state index is 12.2. The van der Waals surface area contributed by atoms with Gasteiger partial charge in [-0.15, -0.1) is 0 Å². The minimum absolute atomic E-state index is 0.0522. The summed E-state index contributed by atoms with van der Waals surface area (Å²) in [6.07, 6.45) is 1.93. The van der Waals surface area contributed by atoms with Gasteiger partial charge in [0, 0.05) is 27.3 Å². The average molecular weight is 359 g/mol. The zero-order valence-electron chi connectivity index (χ0n) is 11.8. The van der Waals surface area contributed by atoms with E-state index in [9.17, 15) is 9.59 Å². The standard InChI is InChI=1S/C17H15BrN2O2/c18-13-8-6-12(7-9-13)17(22)20-15-3-1-2-14(10-15)19-16(21)11-4-5-11/h1-3,6-11H,4-5H2,(H,19,21)(H,20,22). The maximum atomic E-state index is 12.2. The summed E-state index contributed by atoms with van der Waals surface area (Å²) in [6.45, 7) is 0. The Kier molecular flexibility index (Phi) is 4.24. The fourth-order valence-corrected chi connectivity index (χ4v) is 2.33. The number of hydrogen-bond donors (Lipinski definition) is 2. The normalized spacial score (nSPS) is 13.5. The van der Waals surface area contributed by atoms with Crippen molar-refractivity contribution in [1.29, 1.82) is 0 Å². The van der Waals surface area contributed by atoms with Crippen molar-refractivity contribution in [3.05, 3.63) is 58.6 Å². The van der Waals surface area contributed by atoms with Crippen LogP contribution in [-0.2, 0) is 4.79 Å². The molecule has 4 nitrogen and oxygen atoms in total. The van der Waals surface area contributed by atoms with Crippen LogP contribution >= 0.6 is 15.9 Å². The van der Waals surface area contributed by atoms with Crippen molar-refractivity contribution < 1.29 is 9.59 Å². The van der Waals surface area contributed by atoms with Crippen LogP contribution in [-0.4, -0.2) is 11.8 Å². The molecule has 0 saturated heterocycles. The predicted octanol–water partition coefficient (Wildman–Crippen LogP) is 4.05. The summed E-state index contributed by atoms with van der Waals surface area (Å²) < 4.78 is 0.925. The molecule has 0 aliphatic heterocycles. The third-order valence-corrected chi connectivity index (χ3v) is 3.97. The molecule has 1 aliphatic rings. The van der Waals surface area contributed by atoms with Gasteiger partial charge in [-0.2, -0.15) is 0 Å². The number of rotatable bonds is 4. The first-order valence-electron chi connectivity index (χ1n) is 7.10. The summed E-state index contributed by atoms with van der Waals surface area (Å²) in [5.41, 5.74) is 1.93. The van der Waals surface area contributed by atoms with Gasteiger partial charge in [-0.1, -0.05) is 22.0 Å². The molecule has 0 aromatic heterocycles. The Morgan fingerprint density at radius 2 is 1.59 bits per heavy atom. The number of carbonyl (C=O) groups is 2. The van der Waals surface area contributed by atoms with Crippen molar-refractivity contribution in [2.45, 2.75) is 12.8 Å². The summed E-state index contributed by atoms with van der Waals surface area (Å²) in [7, 11) is 0. The molecule has 1 aliphatic carbocycles. The monoisotopic (exact) mass is 358 g/mol. The smallest absolute Gasteiger partial charge is 0.255 e. The Balaban J connectivity index is 1.67. The Hall–Kier alpha value is -2.14. The fourth-order valence-electron chi connectivity index (χ4n) is 2.07. The van der Waals surface area contributed by atoms with E-state index in [1.54, 1.807) is 30.3 Å². The molecule has 2 N–H and O–H groups in total. The number of hydrogen-bond acceptors (Lipinski definition) is 2. The van der Waals surface area contributed by atoms with Crippen LogP contribution in [0.25, 0.3) is 0 Å². The van der Waals surface area contributed by atoms with E-state index in [1.807, 2.05) is 18.2 Å². The highest BCUT2D eigenvalue weighted by atomic mass is 79.9. The van der Waals surface area contributed by atoms with Gasteiger partial charge in [0.25, 0.3) is 5.91 Å². The lowest BCUT2D eigenvalue weighted by Crippen LogP contribution is -2.14. The van der Waals surface area contributed by atoms with E-state index in [0.717, 1.165) is 17.3 Å². The lowest BCUT2D eigenvalue weighted by atomic mass is 10.2. The molecular formula is C17H15BrN2O2. The minimum atomic E-state index is -0.182. The van der Waals surface area contributed by atoms with Crippen molar-refractivity contribution in [3.63, 3.8) is 0 Å². The lowest BCUT2D eigenvalue weighted by Gasteiger charge is -2.09. The minimum Gasteiger partial charge on any atom is -0.326 e. The van der Waals surface area contributed by atoms with E-state index in [-0.39, 0.29) is 17.7 Å². The summed E-state index contributed by atoms with van der Waals surface area (Å²) in [5.74, 6) is 0.0237. The highest BCUT2D eigenvalue weighted by Crippen LogP contribution is 2.30. The average Bonchev–Trinajstić information content (AvgIpc) is 3.33. The number of carbonyl (C=O) groups excluding carboxylic acids is 2. The third-order valence-electron chi connectivity index (χ3n) is 3.44. The number of halogens is 1. The van der Waals surface area contributed by atoms with Crippen LogP contribution in [0.4, 0.5) is 11.4 Å². The van der Waals surface area contributed by atoms with Gasteiger partial charge in [0.1, 0.15) is 0 Å². The number of amides is 2. The molecule has 2 aromatic rings. The molecule has 0 spiro atoms. The van der Waals surface area contributed by atoms with E-state index < -0.39 is 0 Å². The SMILES string of the molecule is O=C(Nc1cccc(NC(=O)C2CC2)c1)c1ccc(Br)cc1. The van der Waals surface area contributed by atoms with E-state index in [4.69, 9.17) is 0 Å². The van der Waals surface area contributed by atoms with Crippen LogP contribution in [0, 0.1) is 5.92 Å². The molecule has 0 radical (unpaired) electrons. The van der Waals surface area contributed by atoms with Crippen LogP contribution in [0.3, 0.4) is 0 Å². The van der Waals surface area contributed by atoms with Crippen LogP contribution < -0.4 is 10.6 Å². The molecule has 0 bridgehead atoms. The zero-order chi connectivity index (χ0) is 15.5. The number of benzene rings is 2. The molecule has 0 atom stereocenters. The van der Waals surface area contributed by atoms with Crippen molar-refractivity contribution in [1.82, 2.24) is 0 Å². The molecule has 1 saturated carbocycles. The third kappa shape index (κ3) is 3.74. The predicted molar refractivity (Wildman–Crippen MR) is 89.9 cm³/mol. The van der Waals surface area contributed by atoms with Crippen molar-refractivity contribution in [2.75, 3.05) is 10.6 Å². The van der Waals surface area contributed by atoms with Gasteiger partial charge in [-0.25, -0.2) is 0 Å². The van der Waals surface area contributed by atoms with E-state index in [1.165, 1.54) is 0 Å². The summed E-state index contributed by atoms with van der Waals surface area (Å²) >= 11 is 3.34. The molecule has 22 heavy (non-hydrogen) atoms. The quantitative estimate of drug-likeness (QED) is 0.865. The Labute approximate surface area is 137 Å². The Morgan fingerprint density at radius 3 is 2.23 bits per heavy atom. The molecule has 2 amide bonds. The maximum Gasteiger partial charge on any atom is 0.255 e. The fraction of sp³-hybridized carbons (Fsp3) is 0.176. The van der Waals surface area contributed by atoms with Crippen LogP contribution in [0.5, 0.6) is 0 Å². The highest BCUT2D eigenvalue weighted by molar-refractivity contribution is 9.10. The summed E-state index contributed by atoms with van der Waals surface area (Å²) in [5, 5.41) is 5.70. The van der Waals surface area contributed by atoms with Crippen LogP contribution in [0.1, 0.15) is 23.2 Å². The van der Waals surface area contributed by atoms with Gasteiger partial charge in [0.05, 0.1) is 0 Å². The topological polar surface area (TPSA) is 58.2 Å². The number of anilines is 2. The van der Waals surface area contributed by atoms with Gasteiger partial charge >= 0.3 is 0 Å². The van der Waals surface area contributed by atoms with Gasteiger partial charge < -0.3 is 10.6 Å². The van der Waals surface area contributed by atoms with Gasteiger partial charge in [-0.05, 0) is 55.3 Å². The van der Waals surface area contributed by atoms with E-state index in [2.05, 4.69) is 26.6 Å². The second-order valence-electron chi connectivity index (χ2n) is 5.31. The molecule has 0 heterocycles. The lowest BCUT2D eigenvalue weighted by molar-refractivity contribution is -0.117. The van der Waals surface area contributed by atoms with Crippen LogP contribution in [0.2, 0.25) is 0 Å². The molecular weight excluding hydrogens is 344 g/mol. The van der Waals surface area contributed by atoms with Crippen molar-refractivity contribution in [3.8, 4) is 0 Å². The summed E-state index contributed by atoms with van der Waals surface area (Å²) in [6, 6.07) is 14.3. The van der Waals surface area contributed by atoms with Gasteiger partial charge in [-0.3, -0.25) is 9.59 Å². The van der Waals surface area contributed by atoms with Gasteiger partial charge in [0.15, 0.2) is 0 Å².